The van der Waals surface area contributed by atoms with Gasteiger partial charge in [-0.3, -0.25) is 10.1 Å². The Hall–Kier alpha value is -2.27. The highest BCUT2D eigenvalue weighted by atomic mass is 35.5. The number of benzene rings is 2. The van der Waals surface area contributed by atoms with Crippen molar-refractivity contribution in [3.05, 3.63) is 63.2 Å². The lowest BCUT2D eigenvalue weighted by atomic mass is 10.2. The summed E-state index contributed by atoms with van der Waals surface area (Å²) in [7, 11) is 1.59. The molecule has 0 bridgehead atoms. The fourth-order valence-electron chi connectivity index (χ4n) is 1.79. The Morgan fingerprint density at radius 3 is 2.80 bits per heavy atom. The monoisotopic (exact) mass is 292 g/mol. The molecule has 0 aliphatic heterocycles. The van der Waals surface area contributed by atoms with Crippen molar-refractivity contribution in [2.45, 2.75) is 6.54 Å². The minimum absolute atomic E-state index is 0.00250. The van der Waals surface area contributed by atoms with Gasteiger partial charge in [-0.2, -0.15) is 0 Å². The normalized spacial score (nSPS) is 10.1. The van der Waals surface area contributed by atoms with Gasteiger partial charge in [-0.1, -0.05) is 23.7 Å². The second kappa shape index (κ2) is 6.25. The van der Waals surface area contributed by atoms with Gasteiger partial charge in [0.15, 0.2) is 0 Å². The van der Waals surface area contributed by atoms with Crippen molar-refractivity contribution >= 4 is 23.0 Å². The summed E-state index contributed by atoms with van der Waals surface area (Å²) in [4.78, 5) is 10.5. The molecule has 0 unspecified atom stereocenters. The van der Waals surface area contributed by atoms with E-state index in [1.807, 2.05) is 24.3 Å². The van der Waals surface area contributed by atoms with Crippen LogP contribution < -0.4 is 10.1 Å². The van der Waals surface area contributed by atoms with Crippen LogP contribution >= 0.6 is 11.6 Å². The Bertz CT molecular complexity index is 632. The molecule has 20 heavy (non-hydrogen) atoms. The number of nitrogens with one attached hydrogen (secondary N) is 1. The molecule has 0 spiro atoms. The fourth-order valence-corrected chi connectivity index (χ4v) is 1.96. The molecule has 0 amide bonds. The Morgan fingerprint density at radius 2 is 2.10 bits per heavy atom. The van der Waals surface area contributed by atoms with Crippen LogP contribution in [0, 0.1) is 10.1 Å². The van der Waals surface area contributed by atoms with Gasteiger partial charge in [-0.15, -0.1) is 0 Å². The van der Waals surface area contributed by atoms with Gasteiger partial charge in [0, 0.05) is 17.6 Å². The third-order valence-electron chi connectivity index (χ3n) is 2.77. The summed E-state index contributed by atoms with van der Waals surface area (Å²) in [5.74, 6) is 0.741. The summed E-state index contributed by atoms with van der Waals surface area (Å²) >= 11 is 5.87. The average molecular weight is 293 g/mol. The average Bonchev–Trinajstić information content (AvgIpc) is 2.45. The summed E-state index contributed by atoms with van der Waals surface area (Å²) < 4.78 is 5.13. The van der Waals surface area contributed by atoms with Crippen LogP contribution in [-0.4, -0.2) is 12.0 Å². The first-order valence-corrected chi connectivity index (χ1v) is 6.28. The number of ether oxygens (including phenoxy) is 1. The molecule has 0 aliphatic carbocycles. The first-order valence-electron chi connectivity index (χ1n) is 5.91. The molecule has 5 nitrogen and oxygen atoms in total. The van der Waals surface area contributed by atoms with Gasteiger partial charge in [-0.25, -0.2) is 0 Å². The molecule has 0 aromatic heterocycles. The summed E-state index contributed by atoms with van der Waals surface area (Å²) in [5, 5.41) is 14.4. The Balaban J connectivity index is 2.17. The summed E-state index contributed by atoms with van der Waals surface area (Å²) in [5.41, 5.74) is 1.35. The van der Waals surface area contributed by atoms with Gasteiger partial charge in [-0.05, 0) is 29.8 Å². The molecule has 0 heterocycles. The molecule has 0 aliphatic rings. The highest BCUT2D eigenvalue weighted by Crippen LogP contribution is 2.28. The van der Waals surface area contributed by atoms with Gasteiger partial charge >= 0.3 is 0 Å². The first kappa shape index (κ1) is 14.1. The van der Waals surface area contributed by atoms with Crippen molar-refractivity contribution in [1.82, 2.24) is 0 Å². The highest BCUT2D eigenvalue weighted by Gasteiger charge is 2.13. The van der Waals surface area contributed by atoms with Gasteiger partial charge < -0.3 is 10.1 Å². The molecule has 2 aromatic rings. The predicted octanol–water partition coefficient (Wildman–Crippen LogP) is 3.87. The molecule has 1 N–H and O–H groups in total. The summed E-state index contributed by atoms with van der Waals surface area (Å²) in [6, 6.07) is 11.9. The lowest BCUT2D eigenvalue weighted by Crippen LogP contribution is -2.02. The molecule has 2 aromatic carbocycles. The van der Waals surface area contributed by atoms with Crippen LogP contribution in [0.2, 0.25) is 5.02 Å². The Kier molecular flexibility index (Phi) is 4.42. The van der Waals surface area contributed by atoms with Crippen LogP contribution in [-0.2, 0) is 6.54 Å². The lowest BCUT2D eigenvalue weighted by Gasteiger charge is -2.08. The van der Waals surface area contributed by atoms with Crippen LogP contribution in [0.15, 0.2) is 42.5 Å². The maximum Gasteiger partial charge on any atom is 0.292 e. The van der Waals surface area contributed by atoms with E-state index in [0.717, 1.165) is 11.3 Å². The van der Waals surface area contributed by atoms with Crippen molar-refractivity contribution in [3.63, 3.8) is 0 Å². The van der Waals surface area contributed by atoms with Gasteiger partial charge in [0.1, 0.15) is 11.4 Å². The maximum absolute atomic E-state index is 10.9. The van der Waals surface area contributed by atoms with Gasteiger partial charge in [0.25, 0.3) is 5.69 Å². The number of nitrogens with zero attached hydrogens (tertiary/aromatic N) is 1. The van der Waals surface area contributed by atoms with Crippen molar-refractivity contribution in [1.29, 1.82) is 0 Å². The number of methoxy groups -OCH3 is 1. The Morgan fingerprint density at radius 1 is 1.30 bits per heavy atom. The van der Waals surface area contributed by atoms with Gasteiger partial charge in [0.2, 0.25) is 0 Å². The molecule has 0 saturated heterocycles. The van der Waals surface area contributed by atoms with E-state index >= 15 is 0 Å². The van der Waals surface area contributed by atoms with Crippen LogP contribution in [0.5, 0.6) is 5.75 Å². The number of hydrogen-bond acceptors (Lipinski definition) is 4. The molecule has 104 valence electrons. The maximum atomic E-state index is 10.9. The zero-order valence-electron chi connectivity index (χ0n) is 10.8. The van der Waals surface area contributed by atoms with E-state index < -0.39 is 4.92 Å². The van der Waals surface area contributed by atoms with E-state index in [0.29, 0.717) is 17.3 Å². The number of anilines is 1. The van der Waals surface area contributed by atoms with E-state index in [1.54, 1.807) is 13.2 Å². The van der Waals surface area contributed by atoms with Crippen LogP contribution in [0.3, 0.4) is 0 Å². The predicted molar refractivity (Wildman–Crippen MR) is 78.4 cm³/mol. The summed E-state index contributed by atoms with van der Waals surface area (Å²) in [6.45, 7) is 0.443. The molecule has 0 saturated carbocycles. The third kappa shape index (κ3) is 3.39. The zero-order chi connectivity index (χ0) is 14.5. The van der Waals surface area contributed by atoms with Crippen molar-refractivity contribution < 1.29 is 9.66 Å². The van der Waals surface area contributed by atoms with E-state index in [1.165, 1.54) is 12.1 Å². The van der Waals surface area contributed by atoms with Crippen molar-refractivity contribution in [3.8, 4) is 5.75 Å². The van der Waals surface area contributed by atoms with Crippen LogP contribution in [0.1, 0.15) is 5.56 Å². The number of nitro groups is 1. The molecule has 2 rings (SSSR count). The highest BCUT2D eigenvalue weighted by molar-refractivity contribution is 6.31. The van der Waals surface area contributed by atoms with Crippen LogP contribution in [0.25, 0.3) is 0 Å². The SMILES string of the molecule is COc1cccc(CNc2cc(Cl)ccc2[N+](=O)[O-])c1. The van der Waals surface area contributed by atoms with E-state index in [2.05, 4.69) is 5.32 Å². The zero-order valence-corrected chi connectivity index (χ0v) is 11.6. The number of hydrogen-bond donors (Lipinski definition) is 1. The van der Waals surface area contributed by atoms with E-state index in [4.69, 9.17) is 16.3 Å². The second-order valence-electron chi connectivity index (χ2n) is 4.12. The molecular formula is C14H13ClN2O3. The smallest absolute Gasteiger partial charge is 0.292 e. The molecule has 0 radical (unpaired) electrons. The minimum atomic E-state index is -0.440. The fraction of sp³-hybridized carbons (Fsp3) is 0.143. The first-order chi connectivity index (χ1) is 9.60. The number of nitro benzene ring substituents is 1. The number of halogens is 1. The standard InChI is InChI=1S/C14H13ClN2O3/c1-20-12-4-2-3-10(7-12)9-16-13-8-11(15)5-6-14(13)17(18)19/h2-8,16H,9H2,1H3. The minimum Gasteiger partial charge on any atom is -0.497 e. The molecule has 0 fully saturated rings. The second-order valence-corrected chi connectivity index (χ2v) is 4.56. The third-order valence-corrected chi connectivity index (χ3v) is 3.01. The van der Waals surface area contributed by atoms with Crippen LogP contribution in [0.4, 0.5) is 11.4 Å². The molecule has 0 atom stereocenters. The number of rotatable bonds is 5. The van der Waals surface area contributed by atoms with E-state index in [9.17, 15) is 10.1 Å². The quantitative estimate of drug-likeness (QED) is 0.671. The Labute approximate surface area is 121 Å². The van der Waals surface area contributed by atoms with Crippen molar-refractivity contribution in [2.24, 2.45) is 0 Å². The topological polar surface area (TPSA) is 64.4 Å². The van der Waals surface area contributed by atoms with Gasteiger partial charge in [0.05, 0.1) is 12.0 Å². The van der Waals surface area contributed by atoms with Crippen molar-refractivity contribution in [2.75, 3.05) is 12.4 Å². The molecule has 6 heteroatoms. The lowest BCUT2D eigenvalue weighted by molar-refractivity contribution is -0.384. The molecular weight excluding hydrogens is 280 g/mol. The summed E-state index contributed by atoms with van der Waals surface area (Å²) in [6.07, 6.45) is 0. The van der Waals surface area contributed by atoms with E-state index in [-0.39, 0.29) is 5.69 Å². The largest absolute Gasteiger partial charge is 0.497 e.